The van der Waals surface area contributed by atoms with Crippen LogP contribution in [-0.2, 0) is 19.3 Å². The van der Waals surface area contributed by atoms with Crippen LogP contribution in [0.15, 0.2) is 53.1 Å². The highest BCUT2D eigenvalue weighted by molar-refractivity contribution is 5.96. The number of carbonyl (C=O) groups excluding carboxylic acids is 1. The lowest BCUT2D eigenvalue weighted by molar-refractivity contribution is -0.137. The van der Waals surface area contributed by atoms with Crippen LogP contribution >= 0.6 is 0 Å². The number of halogens is 3. The number of aryl methyl sites for hydroxylation is 1. The molecule has 0 bridgehead atoms. The second kappa shape index (κ2) is 8.12. The average Bonchev–Trinajstić information content (AvgIpc) is 3.09. The number of nitrogens with one attached hydrogen (secondary N) is 1. The van der Waals surface area contributed by atoms with Gasteiger partial charge in [0, 0.05) is 13.5 Å². The number of hydrogen-bond donors (Lipinski definition) is 1. The number of benzene rings is 2. The zero-order valence-corrected chi connectivity index (χ0v) is 14.8. The predicted octanol–water partition coefficient (Wildman–Crippen LogP) is 3.91. The van der Waals surface area contributed by atoms with E-state index in [2.05, 4.69) is 15.5 Å². The molecule has 9 heteroatoms. The quantitative estimate of drug-likeness (QED) is 0.690. The number of amides is 1. The minimum Gasteiger partial charge on any atom is -0.485 e. The number of carbonyl (C=O) groups is 1. The Morgan fingerprint density at radius 2 is 1.96 bits per heavy atom. The predicted molar refractivity (Wildman–Crippen MR) is 92.4 cm³/mol. The van der Waals surface area contributed by atoms with Crippen molar-refractivity contribution in [1.82, 2.24) is 15.5 Å². The summed E-state index contributed by atoms with van der Waals surface area (Å²) >= 11 is 0. The molecule has 2 aromatic carbocycles. The van der Waals surface area contributed by atoms with E-state index in [0.717, 1.165) is 12.1 Å². The van der Waals surface area contributed by atoms with Gasteiger partial charge in [0.15, 0.2) is 6.61 Å². The number of nitrogens with zero attached hydrogens (tertiary/aromatic N) is 2. The molecule has 0 unspecified atom stereocenters. The van der Waals surface area contributed by atoms with Gasteiger partial charge in [-0.25, -0.2) is 0 Å². The lowest BCUT2D eigenvalue weighted by Gasteiger charge is -2.12. The van der Waals surface area contributed by atoms with Crippen LogP contribution < -0.4 is 10.1 Å². The molecule has 28 heavy (non-hydrogen) atoms. The first kappa shape index (κ1) is 19.4. The number of rotatable bonds is 6. The Bertz CT molecular complexity index is 970. The van der Waals surface area contributed by atoms with Gasteiger partial charge in [0.1, 0.15) is 5.75 Å². The third kappa shape index (κ3) is 4.87. The lowest BCUT2D eigenvalue weighted by Crippen LogP contribution is -2.23. The van der Waals surface area contributed by atoms with Gasteiger partial charge < -0.3 is 14.6 Å². The summed E-state index contributed by atoms with van der Waals surface area (Å²) in [6.07, 6.45) is -4.44. The summed E-state index contributed by atoms with van der Waals surface area (Å²) in [5, 5.41) is 6.31. The molecule has 0 aliphatic heterocycles. The summed E-state index contributed by atoms with van der Waals surface area (Å²) in [4.78, 5) is 16.5. The first-order valence-electron chi connectivity index (χ1n) is 8.28. The topological polar surface area (TPSA) is 77.2 Å². The van der Waals surface area contributed by atoms with Crippen molar-refractivity contribution in [2.75, 3.05) is 0 Å². The summed E-state index contributed by atoms with van der Waals surface area (Å²) in [5.41, 5.74) is -0.183. The molecule has 1 aromatic heterocycles. The van der Waals surface area contributed by atoms with E-state index in [1.165, 1.54) is 12.1 Å². The molecule has 1 N–H and O–H groups in total. The van der Waals surface area contributed by atoms with Crippen LogP contribution in [0.5, 0.6) is 5.75 Å². The van der Waals surface area contributed by atoms with Crippen molar-refractivity contribution in [2.24, 2.45) is 0 Å². The average molecular weight is 391 g/mol. The van der Waals surface area contributed by atoms with Crippen molar-refractivity contribution >= 4 is 5.91 Å². The molecule has 146 valence electrons. The van der Waals surface area contributed by atoms with E-state index in [9.17, 15) is 18.0 Å². The molecule has 3 rings (SSSR count). The van der Waals surface area contributed by atoms with E-state index >= 15 is 0 Å². The van der Waals surface area contributed by atoms with Crippen LogP contribution in [-0.4, -0.2) is 16.0 Å². The SMILES string of the molecule is Cc1nc(COc2ccccc2C(=O)NCc2cccc(C(F)(F)F)c2)no1. The summed E-state index contributed by atoms with van der Waals surface area (Å²) < 4.78 is 48.8. The standard InChI is InChI=1S/C19H16F3N3O3/c1-12-24-17(25-28-12)11-27-16-8-3-2-7-15(16)18(26)23-10-13-5-4-6-14(9-13)19(20,21)22/h2-9H,10-11H2,1H3,(H,23,26). The second-order valence-corrected chi connectivity index (χ2v) is 5.90. The summed E-state index contributed by atoms with van der Waals surface area (Å²) in [7, 11) is 0. The third-order valence-electron chi connectivity index (χ3n) is 3.77. The van der Waals surface area contributed by atoms with Gasteiger partial charge in [0.05, 0.1) is 11.1 Å². The van der Waals surface area contributed by atoms with Crippen LogP contribution in [0.3, 0.4) is 0 Å². The Hall–Kier alpha value is -3.36. The molecule has 0 saturated carbocycles. The third-order valence-corrected chi connectivity index (χ3v) is 3.77. The van der Waals surface area contributed by atoms with Crippen LogP contribution in [0.4, 0.5) is 13.2 Å². The molecule has 0 radical (unpaired) electrons. The molecule has 0 atom stereocenters. The Kier molecular flexibility index (Phi) is 5.62. The molecular weight excluding hydrogens is 375 g/mol. The van der Waals surface area contributed by atoms with E-state index in [4.69, 9.17) is 9.26 Å². The van der Waals surface area contributed by atoms with Crippen LogP contribution in [0.25, 0.3) is 0 Å². The van der Waals surface area contributed by atoms with Gasteiger partial charge in [0.25, 0.3) is 5.91 Å². The number of para-hydroxylation sites is 1. The second-order valence-electron chi connectivity index (χ2n) is 5.90. The highest BCUT2D eigenvalue weighted by Crippen LogP contribution is 2.29. The number of alkyl halides is 3. The van der Waals surface area contributed by atoms with Crippen molar-refractivity contribution in [2.45, 2.75) is 26.3 Å². The van der Waals surface area contributed by atoms with Crippen molar-refractivity contribution in [3.8, 4) is 5.75 Å². The fourth-order valence-electron chi connectivity index (χ4n) is 2.46. The van der Waals surface area contributed by atoms with Crippen molar-refractivity contribution in [3.05, 3.63) is 76.9 Å². The maximum atomic E-state index is 12.8. The van der Waals surface area contributed by atoms with E-state index < -0.39 is 17.6 Å². The highest BCUT2D eigenvalue weighted by atomic mass is 19.4. The number of hydrogen-bond acceptors (Lipinski definition) is 5. The molecule has 0 aliphatic carbocycles. The Labute approximate surface area is 158 Å². The van der Waals surface area contributed by atoms with Crippen molar-refractivity contribution < 1.29 is 27.2 Å². The van der Waals surface area contributed by atoms with Crippen LogP contribution in [0.1, 0.15) is 33.2 Å². The maximum Gasteiger partial charge on any atom is 0.416 e. The maximum absolute atomic E-state index is 12.8. The van der Waals surface area contributed by atoms with Crippen molar-refractivity contribution in [1.29, 1.82) is 0 Å². The Morgan fingerprint density at radius 3 is 2.68 bits per heavy atom. The molecule has 0 spiro atoms. The fraction of sp³-hybridized carbons (Fsp3) is 0.211. The highest BCUT2D eigenvalue weighted by Gasteiger charge is 2.30. The van der Waals surface area contributed by atoms with Gasteiger partial charge in [-0.2, -0.15) is 18.2 Å². The zero-order valence-electron chi connectivity index (χ0n) is 14.8. The van der Waals surface area contributed by atoms with Crippen LogP contribution in [0.2, 0.25) is 0 Å². The molecule has 6 nitrogen and oxygen atoms in total. The first-order chi connectivity index (χ1) is 13.3. The van der Waals surface area contributed by atoms with Crippen LogP contribution in [0, 0.1) is 6.92 Å². The van der Waals surface area contributed by atoms with Gasteiger partial charge in [-0.1, -0.05) is 29.4 Å². The van der Waals surface area contributed by atoms with E-state index in [1.807, 2.05) is 0 Å². The van der Waals surface area contributed by atoms with Gasteiger partial charge in [-0.3, -0.25) is 4.79 Å². The Balaban J connectivity index is 1.66. The molecular formula is C19H16F3N3O3. The number of aromatic nitrogens is 2. The molecule has 0 saturated heterocycles. The molecule has 1 heterocycles. The molecule has 0 aliphatic rings. The van der Waals surface area contributed by atoms with Crippen molar-refractivity contribution in [3.63, 3.8) is 0 Å². The van der Waals surface area contributed by atoms with E-state index in [1.54, 1.807) is 31.2 Å². The fourth-order valence-corrected chi connectivity index (χ4v) is 2.46. The molecule has 1 amide bonds. The zero-order chi connectivity index (χ0) is 20.1. The van der Waals surface area contributed by atoms with Gasteiger partial charge >= 0.3 is 6.18 Å². The van der Waals surface area contributed by atoms with E-state index in [-0.39, 0.29) is 18.7 Å². The minimum absolute atomic E-state index is 0.00919. The van der Waals surface area contributed by atoms with Gasteiger partial charge in [-0.05, 0) is 29.8 Å². The number of ether oxygens (including phenoxy) is 1. The smallest absolute Gasteiger partial charge is 0.416 e. The first-order valence-corrected chi connectivity index (χ1v) is 8.28. The van der Waals surface area contributed by atoms with Gasteiger partial charge in [0.2, 0.25) is 11.7 Å². The van der Waals surface area contributed by atoms with E-state index in [0.29, 0.717) is 23.0 Å². The Morgan fingerprint density at radius 1 is 1.18 bits per heavy atom. The van der Waals surface area contributed by atoms with Gasteiger partial charge in [-0.15, -0.1) is 0 Å². The summed E-state index contributed by atoms with van der Waals surface area (Å²) in [6.45, 7) is 1.60. The monoisotopic (exact) mass is 391 g/mol. The lowest BCUT2D eigenvalue weighted by atomic mass is 10.1. The minimum atomic E-state index is -4.44. The molecule has 3 aromatic rings. The molecule has 0 fully saturated rings. The normalized spacial score (nSPS) is 11.3. The summed E-state index contributed by atoms with van der Waals surface area (Å²) in [6, 6.07) is 11.3. The largest absolute Gasteiger partial charge is 0.485 e. The summed E-state index contributed by atoms with van der Waals surface area (Å²) in [5.74, 6) is 0.547.